The standard InChI is InChI=1S/C9H12F3N5/c1-17(5-2-9(10,11)12)8-6(7(13)14)15-3-4-16-8/h3-4H,2,5H2,1H3,(H3,13,14). The lowest BCUT2D eigenvalue weighted by Crippen LogP contribution is -2.28. The Morgan fingerprint density at radius 3 is 2.53 bits per heavy atom. The fourth-order valence-corrected chi connectivity index (χ4v) is 1.20. The third-order valence-electron chi connectivity index (χ3n) is 2.03. The zero-order valence-corrected chi connectivity index (χ0v) is 9.12. The van der Waals surface area contributed by atoms with Gasteiger partial charge in [-0.15, -0.1) is 0 Å². The summed E-state index contributed by atoms with van der Waals surface area (Å²) in [6.07, 6.45) is -2.52. The minimum atomic E-state index is -4.23. The van der Waals surface area contributed by atoms with Crippen molar-refractivity contribution in [2.75, 3.05) is 18.5 Å². The number of nitrogens with one attached hydrogen (secondary N) is 1. The number of amidine groups is 1. The van der Waals surface area contributed by atoms with Crippen molar-refractivity contribution in [3.05, 3.63) is 18.1 Å². The Labute approximate surface area is 96.0 Å². The lowest BCUT2D eigenvalue weighted by atomic mass is 10.3. The van der Waals surface area contributed by atoms with Crippen LogP contribution in [0.4, 0.5) is 19.0 Å². The average molecular weight is 247 g/mol. The number of aromatic nitrogens is 2. The second kappa shape index (κ2) is 4.98. The maximum Gasteiger partial charge on any atom is 0.390 e. The molecule has 0 aliphatic heterocycles. The first kappa shape index (κ1) is 13.2. The van der Waals surface area contributed by atoms with E-state index in [2.05, 4.69) is 9.97 Å². The van der Waals surface area contributed by atoms with Gasteiger partial charge in [0.2, 0.25) is 0 Å². The maximum absolute atomic E-state index is 12.1. The number of nitrogens with zero attached hydrogens (tertiary/aromatic N) is 3. The van der Waals surface area contributed by atoms with E-state index >= 15 is 0 Å². The molecule has 0 amide bonds. The Morgan fingerprint density at radius 2 is 2.00 bits per heavy atom. The van der Waals surface area contributed by atoms with Crippen molar-refractivity contribution in [1.82, 2.24) is 9.97 Å². The van der Waals surface area contributed by atoms with Gasteiger partial charge in [-0.1, -0.05) is 0 Å². The van der Waals surface area contributed by atoms with E-state index in [-0.39, 0.29) is 23.9 Å². The summed E-state index contributed by atoms with van der Waals surface area (Å²) in [5, 5.41) is 7.25. The highest BCUT2D eigenvalue weighted by atomic mass is 19.4. The molecule has 0 atom stereocenters. The highest BCUT2D eigenvalue weighted by Crippen LogP contribution is 2.21. The molecule has 0 saturated heterocycles. The van der Waals surface area contributed by atoms with Crippen molar-refractivity contribution >= 4 is 11.7 Å². The number of nitrogens with two attached hydrogens (primary N) is 1. The van der Waals surface area contributed by atoms with Crippen LogP contribution in [0.3, 0.4) is 0 Å². The molecule has 0 aliphatic carbocycles. The van der Waals surface area contributed by atoms with Crippen LogP contribution in [0, 0.1) is 5.41 Å². The Hall–Kier alpha value is -1.86. The van der Waals surface area contributed by atoms with E-state index in [1.165, 1.54) is 24.3 Å². The minimum absolute atomic E-state index is 0.0807. The molecule has 0 spiro atoms. The molecule has 0 aromatic carbocycles. The zero-order chi connectivity index (χ0) is 13.1. The highest BCUT2D eigenvalue weighted by Gasteiger charge is 2.27. The molecule has 3 N–H and O–H groups in total. The molecule has 1 aromatic rings. The smallest absolute Gasteiger partial charge is 0.382 e. The van der Waals surface area contributed by atoms with Gasteiger partial charge in [-0.05, 0) is 0 Å². The van der Waals surface area contributed by atoms with Gasteiger partial charge in [0.15, 0.2) is 5.82 Å². The molecule has 1 rings (SSSR count). The van der Waals surface area contributed by atoms with Crippen LogP contribution in [0.15, 0.2) is 12.4 Å². The van der Waals surface area contributed by atoms with Crippen molar-refractivity contribution in [3.63, 3.8) is 0 Å². The van der Waals surface area contributed by atoms with Crippen molar-refractivity contribution in [2.45, 2.75) is 12.6 Å². The van der Waals surface area contributed by atoms with Crippen LogP contribution in [-0.2, 0) is 0 Å². The third kappa shape index (κ3) is 3.89. The van der Waals surface area contributed by atoms with Gasteiger partial charge in [0.25, 0.3) is 0 Å². The van der Waals surface area contributed by atoms with Gasteiger partial charge in [0.1, 0.15) is 11.5 Å². The van der Waals surface area contributed by atoms with Gasteiger partial charge in [0, 0.05) is 26.0 Å². The van der Waals surface area contributed by atoms with Crippen LogP contribution >= 0.6 is 0 Å². The monoisotopic (exact) mass is 247 g/mol. The summed E-state index contributed by atoms with van der Waals surface area (Å²) in [6, 6.07) is 0. The van der Waals surface area contributed by atoms with Crippen LogP contribution in [0.2, 0.25) is 0 Å². The lowest BCUT2D eigenvalue weighted by Gasteiger charge is -2.20. The van der Waals surface area contributed by atoms with Gasteiger partial charge < -0.3 is 10.6 Å². The first-order valence-electron chi connectivity index (χ1n) is 4.74. The summed E-state index contributed by atoms with van der Waals surface area (Å²) >= 11 is 0. The molecule has 0 unspecified atom stereocenters. The molecule has 1 heterocycles. The van der Waals surface area contributed by atoms with Crippen molar-refractivity contribution < 1.29 is 13.2 Å². The number of hydrogen-bond acceptors (Lipinski definition) is 4. The summed E-state index contributed by atoms with van der Waals surface area (Å²) in [4.78, 5) is 8.96. The highest BCUT2D eigenvalue weighted by molar-refractivity contribution is 5.97. The summed E-state index contributed by atoms with van der Waals surface area (Å²) in [6.45, 7) is -0.261. The van der Waals surface area contributed by atoms with Gasteiger partial charge in [-0.25, -0.2) is 9.97 Å². The minimum Gasteiger partial charge on any atom is -0.382 e. The molecule has 1 aromatic heterocycles. The van der Waals surface area contributed by atoms with Crippen LogP contribution in [0.1, 0.15) is 12.1 Å². The molecule has 8 heteroatoms. The summed E-state index contributed by atoms with van der Waals surface area (Å²) < 4.78 is 36.2. The lowest BCUT2D eigenvalue weighted by molar-refractivity contribution is -0.132. The van der Waals surface area contributed by atoms with E-state index in [4.69, 9.17) is 11.1 Å². The maximum atomic E-state index is 12.1. The van der Waals surface area contributed by atoms with Gasteiger partial charge >= 0.3 is 6.18 Å². The number of nitrogen functional groups attached to an aromatic ring is 1. The summed E-state index contributed by atoms with van der Waals surface area (Å²) in [5.41, 5.74) is 5.35. The van der Waals surface area contributed by atoms with Gasteiger partial charge in [0.05, 0.1) is 6.42 Å². The largest absolute Gasteiger partial charge is 0.390 e. The van der Waals surface area contributed by atoms with Crippen LogP contribution in [-0.4, -0.2) is 35.6 Å². The molecule has 0 radical (unpaired) electrons. The summed E-state index contributed by atoms with van der Waals surface area (Å²) in [7, 11) is 1.45. The number of rotatable bonds is 4. The van der Waals surface area contributed by atoms with E-state index in [9.17, 15) is 13.2 Å². The van der Waals surface area contributed by atoms with Crippen LogP contribution in [0.25, 0.3) is 0 Å². The Kier molecular flexibility index (Phi) is 3.87. The van der Waals surface area contributed by atoms with Gasteiger partial charge in [-0.3, -0.25) is 5.41 Å². The number of halogens is 3. The fourth-order valence-electron chi connectivity index (χ4n) is 1.20. The second-order valence-electron chi connectivity index (χ2n) is 3.43. The SMILES string of the molecule is CN(CCC(F)(F)F)c1nccnc1C(=N)N. The molecule has 0 aliphatic rings. The normalized spacial score (nSPS) is 11.3. The van der Waals surface area contributed by atoms with Crippen LogP contribution < -0.4 is 10.6 Å². The van der Waals surface area contributed by atoms with Crippen molar-refractivity contribution in [1.29, 1.82) is 5.41 Å². The number of anilines is 1. The molecule has 0 saturated carbocycles. The van der Waals surface area contributed by atoms with Gasteiger partial charge in [-0.2, -0.15) is 13.2 Å². The van der Waals surface area contributed by atoms with E-state index in [1.54, 1.807) is 0 Å². The molecule has 0 bridgehead atoms. The number of hydrogen-bond donors (Lipinski definition) is 2. The van der Waals surface area contributed by atoms with Crippen molar-refractivity contribution in [2.24, 2.45) is 5.73 Å². The quantitative estimate of drug-likeness (QED) is 0.618. The first-order valence-corrected chi connectivity index (χ1v) is 4.74. The molecular formula is C9H12F3N5. The van der Waals surface area contributed by atoms with E-state index in [0.29, 0.717) is 0 Å². The van der Waals surface area contributed by atoms with E-state index in [1.807, 2.05) is 0 Å². The van der Waals surface area contributed by atoms with Crippen molar-refractivity contribution in [3.8, 4) is 0 Å². The zero-order valence-electron chi connectivity index (χ0n) is 9.12. The average Bonchev–Trinajstić information content (AvgIpc) is 2.25. The molecule has 0 fully saturated rings. The predicted molar refractivity (Wildman–Crippen MR) is 57.0 cm³/mol. The molecule has 17 heavy (non-hydrogen) atoms. The molecule has 94 valence electrons. The van der Waals surface area contributed by atoms with Crippen LogP contribution in [0.5, 0.6) is 0 Å². The first-order chi connectivity index (χ1) is 7.81. The Bertz CT molecular complexity index is 404. The fraction of sp³-hybridized carbons (Fsp3) is 0.444. The third-order valence-corrected chi connectivity index (χ3v) is 2.03. The molecular weight excluding hydrogens is 235 g/mol. The topological polar surface area (TPSA) is 78.9 Å². The summed E-state index contributed by atoms with van der Waals surface area (Å²) in [5.74, 6) is -0.156. The predicted octanol–water partition coefficient (Wildman–Crippen LogP) is 1.15. The number of alkyl halides is 3. The van der Waals surface area contributed by atoms with E-state index < -0.39 is 12.6 Å². The second-order valence-corrected chi connectivity index (χ2v) is 3.43. The van der Waals surface area contributed by atoms with E-state index in [0.717, 1.165) is 0 Å². The molecule has 5 nitrogen and oxygen atoms in total. The Balaban J connectivity index is 2.82. The Morgan fingerprint density at radius 1 is 1.41 bits per heavy atom.